The van der Waals surface area contributed by atoms with E-state index in [2.05, 4.69) is 20.8 Å². The summed E-state index contributed by atoms with van der Waals surface area (Å²) in [6, 6.07) is 7.46. The number of nitrogens with zero attached hydrogens (tertiary/aromatic N) is 2. The number of rotatable bonds is 6. The summed E-state index contributed by atoms with van der Waals surface area (Å²) in [6.07, 6.45) is 0.467. The molecule has 2 aromatic rings. The van der Waals surface area contributed by atoms with Gasteiger partial charge in [0, 0.05) is 17.0 Å². The van der Waals surface area contributed by atoms with E-state index in [0.717, 1.165) is 15.6 Å². The van der Waals surface area contributed by atoms with Gasteiger partial charge in [-0.25, -0.2) is 0 Å². The van der Waals surface area contributed by atoms with Crippen LogP contribution in [-0.2, 0) is 9.59 Å². The van der Waals surface area contributed by atoms with E-state index in [4.69, 9.17) is 0 Å². The van der Waals surface area contributed by atoms with E-state index < -0.39 is 0 Å². The molecule has 2 N–H and O–H groups in total. The van der Waals surface area contributed by atoms with Crippen LogP contribution in [0.5, 0.6) is 0 Å². The summed E-state index contributed by atoms with van der Waals surface area (Å²) in [5.74, 6) is 0.164. The fourth-order valence-corrected chi connectivity index (χ4v) is 3.28. The van der Waals surface area contributed by atoms with Crippen molar-refractivity contribution in [3.05, 3.63) is 29.3 Å². The number of amides is 2. The first kappa shape index (κ1) is 19.4. The highest BCUT2D eigenvalue weighted by molar-refractivity contribution is 8.00. The van der Waals surface area contributed by atoms with Crippen molar-refractivity contribution in [3.8, 4) is 0 Å². The number of hydrogen-bond acceptors (Lipinski definition) is 6. The molecule has 0 fully saturated rings. The van der Waals surface area contributed by atoms with E-state index >= 15 is 0 Å². The second kappa shape index (κ2) is 8.44. The summed E-state index contributed by atoms with van der Waals surface area (Å²) in [5.41, 5.74) is 0.714. The Hall–Kier alpha value is -1.93. The standard InChI is InChI=1S/C17H22N4O2S2/c1-11-20-21-16(25-11)19-15(23)10-24-13-7-5-12(6-8-13)18-14(22)9-17(2,3)4/h5-8H,9-10H2,1-4H3,(H,18,22)(H,19,21,23). The number of hydrogen-bond donors (Lipinski definition) is 2. The molecule has 0 saturated carbocycles. The van der Waals surface area contributed by atoms with Crippen LogP contribution in [0.3, 0.4) is 0 Å². The first-order chi connectivity index (χ1) is 11.7. The zero-order valence-electron chi connectivity index (χ0n) is 14.8. The second-order valence-corrected chi connectivity index (χ2v) is 9.00. The van der Waals surface area contributed by atoms with Crippen molar-refractivity contribution >= 4 is 45.7 Å². The Morgan fingerprint density at radius 1 is 1.08 bits per heavy atom. The minimum atomic E-state index is -0.122. The van der Waals surface area contributed by atoms with Crippen molar-refractivity contribution in [2.45, 2.75) is 39.0 Å². The third-order valence-corrected chi connectivity index (χ3v) is 4.74. The molecule has 0 spiro atoms. The van der Waals surface area contributed by atoms with Gasteiger partial charge in [-0.3, -0.25) is 14.9 Å². The summed E-state index contributed by atoms with van der Waals surface area (Å²) in [4.78, 5) is 24.8. The van der Waals surface area contributed by atoms with E-state index in [1.807, 2.05) is 52.0 Å². The smallest absolute Gasteiger partial charge is 0.236 e. The average molecular weight is 379 g/mol. The van der Waals surface area contributed by atoms with Crippen molar-refractivity contribution < 1.29 is 9.59 Å². The highest BCUT2D eigenvalue weighted by Gasteiger charge is 2.15. The van der Waals surface area contributed by atoms with Gasteiger partial charge in [0.2, 0.25) is 16.9 Å². The van der Waals surface area contributed by atoms with Gasteiger partial charge in [0.25, 0.3) is 0 Å². The minimum Gasteiger partial charge on any atom is -0.326 e. The Bertz CT molecular complexity index is 736. The Morgan fingerprint density at radius 3 is 2.32 bits per heavy atom. The molecule has 0 unspecified atom stereocenters. The van der Waals surface area contributed by atoms with E-state index in [-0.39, 0.29) is 23.0 Å². The number of nitrogens with one attached hydrogen (secondary N) is 2. The molecule has 0 radical (unpaired) electrons. The van der Waals surface area contributed by atoms with Crippen molar-refractivity contribution in [1.29, 1.82) is 0 Å². The van der Waals surface area contributed by atoms with Crippen LogP contribution >= 0.6 is 23.1 Å². The molecule has 6 nitrogen and oxygen atoms in total. The number of thioether (sulfide) groups is 1. The van der Waals surface area contributed by atoms with Gasteiger partial charge in [-0.05, 0) is 36.6 Å². The van der Waals surface area contributed by atoms with Crippen LogP contribution in [0.15, 0.2) is 29.2 Å². The van der Waals surface area contributed by atoms with E-state index in [0.29, 0.717) is 11.6 Å². The lowest BCUT2D eigenvalue weighted by Gasteiger charge is -2.17. The molecule has 134 valence electrons. The third kappa shape index (κ3) is 7.23. The first-order valence-corrected chi connectivity index (χ1v) is 9.64. The topological polar surface area (TPSA) is 84.0 Å². The summed E-state index contributed by atoms with van der Waals surface area (Å²) in [6.45, 7) is 7.92. The maximum atomic E-state index is 11.9. The number of carbonyl (C=O) groups excluding carboxylic acids is 2. The van der Waals surface area contributed by atoms with Crippen LogP contribution in [0.2, 0.25) is 0 Å². The molecule has 0 saturated heterocycles. The van der Waals surface area contributed by atoms with Crippen LogP contribution < -0.4 is 10.6 Å². The number of carbonyl (C=O) groups is 2. The molecule has 1 aromatic carbocycles. The first-order valence-electron chi connectivity index (χ1n) is 7.84. The Balaban J connectivity index is 1.80. The zero-order valence-corrected chi connectivity index (χ0v) is 16.4. The second-order valence-electron chi connectivity index (χ2n) is 6.77. The summed E-state index contributed by atoms with van der Waals surface area (Å²) < 4.78 is 0. The largest absolute Gasteiger partial charge is 0.326 e. The molecule has 0 aliphatic carbocycles. The SMILES string of the molecule is Cc1nnc(NC(=O)CSc2ccc(NC(=O)CC(C)(C)C)cc2)s1. The summed E-state index contributed by atoms with van der Waals surface area (Å²) >= 11 is 2.77. The van der Waals surface area contributed by atoms with Gasteiger partial charge >= 0.3 is 0 Å². The van der Waals surface area contributed by atoms with Gasteiger partial charge in [0.1, 0.15) is 5.01 Å². The fraction of sp³-hybridized carbons (Fsp3) is 0.412. The zero-order chi connectivity index (χ0) is 18.4. The van der Waals surface area contributed by atoms with E-state index in [9.17, 15) is 9.59 Å². The normalized spacial score (nSPS) is 11.2. The van der Waals surface area contributed by atoms with E-state index in [1.165, 1.54) is 23.1 Å². The maximum absolute atomic E-state index is 11.9. The van der Waals surface area contributed by atoms with Gasteiger partial charge in [-0.2, -0.15) is 0 Å². The highest BCUT2D eigenvalue weighted by Crippen LogP contribution is 2.23. The molecule has 0 aliphatic rings. The van der Waals surface area contributed by atoms with Crippen LogP contribution in [-0.4, -0.2) is 27.8 Å². The van der Waals surface area contributed by atoms with Crippen molar-refractivity contribution in [1.82, 2.24) is 10.2 Å². The number of benzene rings is 1. The molecular weight excluding hydrogens is 356 g/mol. The van der Waals surface area contributed by atoms with Gasteiger partial charge in [-0.15, -0.1) is 22.0 Å². The highest BCUT2D eigenvalue weighted by atomic mass is 32.2. The lowest BCUT2D eigenvalue weighted by atomic mass is 9.92. The number of aryl methyl sites for hydroxylation is 1. The lowest BCUT2D eigenvalue weighted by molar-refractivity contribution is -0.118. The lowest BCUT2D eigenvalue weighted by Crippen LogP contribution is -2.19. The average Bonchev–Trinajstić information content (AvgIpc) is 2.89. The Morgan fingerprint density at radius 2 is 1.76 bits per heavy atom. The summed E-state index contributed by atoms with van der Waals surface area (Å²) in [7, 11) is 0. The van der Waals surface area contributed by atoms with Crippen molar-refractivity contribution in [2.24, 2.45) is 5.41 Å². The number of aromatic nitrogens is 2. The predicted octanol–water partition coefficient (Wildman–Crippen LogP) is 3.95. The molecule has 25 heavy (non-hydrogen) atoms. The molecule has 2 amide bonds. The molecule has 1 aromatic heterocycles. The van der Waals surface area contributed by atoms with Gasteiger partial charge in [-0.1, -0.05) is 32.1 Å². The molecular formula is C17H22N4O2S2. The summed E-state index contributed by atoms with van der Waals surface area (Å²) in [5, 5.41) is 14.6. The third-order valence-electron chi connectivity index (χ3n) is 2.97. The van der Waals surface area contributed by atoms with Gasteiger partial charge < -0.3 is 5.32 Å². The van der Waals surface area contributed by atoms with Gasteiger partial charge in [0.05, 0.1) is 5.75 Å². The Labute approximate surface area is 155 Å². The van der Waals surface area contributed by atoms with Crippen LogP contribution in [0, 0.1) is 12.3 Å². The van der Waals surface area contributed by atoms with Crippen molar-refractivity contribution in [2.75, 3.05) is 16.4 Å². The molecule has 8 heteroatoms. The molecule has 0 aliphatic heterocycles. The minimum absolute atomic E-state index is 0.000341. The monoisotopic (exact) mass is 378 g/mol. The van der Waals surface area contributed by atoms with Crippen LogP contribution in [0.1, 0.15) is 32.2 Å². The Kier molecular flexibility index (Phi) is 6.55. The van der Waals surface area contributed by atoms with Crippen molar-refractivity contribution in [3.63, 3.8) is 0 Å². The molecule has 2 rings (SSSR count). The fourth-order valence-electron chi connectivity index (χ4n) is 1.97. The maximum Gasteiger partial charge on any atom is 0.236 e. The van der Waals surface area contributed by atoms with E-state index in [1.54, 1.807) is 0 Å². The van der Waals surface area contributed by atoms with Crippen LogP contribution in [0.4, 0.5) is 10.8 Å². The van der Waals surface area contributed by atoms with Gasteiger partial charge in [0.15, 0.2) is 0 Å². The molecule has 0 atom stereocenters. The molecule has 1 heterocycles. The molecule has 0 bridgehead atoms. The van der Waals surface area contributed by atoms with Crippen LogP contribution in [0.25, 0.3) is 0 Å². The predicted molar refractivity (Wildman–Crippen MR) is 103 cm³/mol. The number of anilines is 2. The quantitative estimate of drug-likeness (QED) is 0.744.